The molecule has 0 bridgehead atoms. The van der Waals surface area contributed by atoms with Gasteiger partial charge in [-0.2, -0.15) is 0 Å². The SMILES string of the molecule is CCCCCCCCCCCCCCCCCC[N+](C)(CCCCCCCCCCCCCCCCCC)C[C@@H](O)[C@H](O)[C@H](O)CO. The van der Waals surface area contributed by atoms with Gasteiger partial charge in [0.25, 0.3) is 0 Å². The van der Waals surface area contributed by atoms with E-state index in [1.54, 1.807) is 0 Å². The van der Waals surface area contributed by atoms with Crippen molar-refractivity contribution < 1.29 is 24.9 Å². The molecule has 0 aliphatic heterocycles. The van der Waals surface area contributed by atoms with Crippen molar-refractivity contribution >= 4 is 0 Å². The monoisotopic (exact) mass is 671 g/mol. The Kier molecular flexibility index (Phi) is 35.5. The van der Waals surface area contributed by atoms with Crippen LogP contribution >= 0.6 is 0 Å². The first-order valence-electron chi connectivity index (χ1n) is 21.4. The van der Waals surface area contributed by atoms with Gasteiger partial charge in [-0.1, -0.05) is 194 Å². The smallest absolute Gasteiger partial charge is 0.131 e. The Hall–Kier alpha value is -0.200. The molecule has 0 aromatic rings. The molecule has 4 N–H and O–H groups in total. The molecular weight excluding hydrogens is 582 g/mol. The number of nitrogens with zero attached hydrogens (tertiary/aromatic N) is 1. The minimum atomic E-state index is -1.30. The summed E-state index contributed by atoms with van der Waals surface area (Å²) in [5.41, 5.74) is 0. The largest absolute Gasteiger partial charge is 0.394 e. The summed E-state index contributed by atoms with van der Waals surface area (Å²) in [5, 5.41) is 40.1. The molecule has 0 aromatic heterocycles. The maximum Gasteiger partial charge on any atom is 0.131 e. The standard InChI is InChI=1S/C42H88NO4/c1-4-6-8-10-12-14-16-18-20-22-24-26-28-30-32-34-36-43(3,38-40(45)42(47)41(46)39-44)37-35-33-31-29-27-25-23-21-19-17-15-13-11-9-7-5-2/h40-42,44-47H,4-39H2,1-3H3/q+1/t40-,41-,42+/m1/s1. The predicted molar refractivity (Wildman–Crippen MR) is 205 cm³/mol. The number of unbranched alkanes of at least 4 members (excludes halogenated alkanes) is 30. The third kappa shape index (κ3) is 31.5. The molecule has 5 nitrogen and oxygen atoms in total. The van der Waals surface area contributed by atoms with Crippen molar-refractivity contribution in [3.63, 3.8) is 0 Å². The van der Waals surface area contributed by atoms with Crippen LogP contribution in [-0.2, 0) is 0 Å². The fourth-order valence-corrected chi connectivity index (χ4v) is 7.30. The molecule has 0 amide bonds. The van der Waals surface area contributed by atoms with Gasteiger partial charge in [-0.25, -0.2) is 0 Å². The maximum absolute atomic E-state index is 10.7. The summed E-state index contributed by atoms with van der Waals surface area (Å²) in [4.78, 5) is 0. The summed E-state index contributed by atoms with van der Waals surface area (Å²) >= 11 is 0. The second-order valence-corrected chi connectivity index (χ2v) is 15.7. The van der Waals surface area contributed by atoms with Crippen molar-refractivity contribution in [2.24, 2.45) is 0 Å². The molecule has 0 aliphatic carbocycles. The van der Waals surface area contributed by atoms with E-state index in [1.165, 1.54) is 193 Å². The Labute approximate surface area is 295 Å². The molecule has 0 fully saturated rings. The molecule has 5 heteroatoms. The van der Waals surface area contributed by atoms with Gasteiger partial charge in [0.1, 0.15) is 24.9 Å². The molecule has 0 unspecified atom stereocenters. The molecule has 0 saturated carbocycles. The highest BCUT2D eigenvalue weighted by Crippen LogP contribution is 2.18. The second kappa shape index (κ2) is 35.6. The minimum Gasteiger partial charge on any atom is -0.394 e. The van der Waals surface area contributed by atoms with Gasteiger partial charge in [0, 0.05) is 0 Å². The average molecular weight is 671 g/mol. The number of aliphatic hydroxyl groups is 4. The Morgan fingerprint density at radius 3 is 0.830 bits per heavy atom. The molecule has 0 heterocycles. The van der Waals surface area contributed by atoms with Crippen LogP contribution < -0.4 is 0 Å². The highest BCUT2D eigenvalue weighted by molar-refractivity contribution is 4.74. The average Bonchev–Trinajstić information content (AvgIpc) is 3.07. The van der Waals surface area contributed by atoms with Crippen molar-refractivity contribution in [1.29, 1.82) is 0 Å². The van der Waals surface area contributed by atoms with Crippen LogP contribution in [0.15, 0.2) is 0 Å². The van der Waals surface area contributed by atoms with Crippen molar-refractivity contribution in [1.82, 2.24) is 0 Å². The lowest BCUT2D eigenvalue weighted by atomic mass is 10.0. The van der Waals surface area contributed by atoms with Crippen LogP contribution in [0.1, 0.15) is 219 Å². The molecule has 0 saturated heterocycles. The van der Waals surface area contributed by atoms with Crippen LogP contribution in [-0.4, -0.2) is 76.5 Å². The molecule has 47 heavy (non-hydrogen) atoms. The number of likely N-dealkylation sites (N-methyl/N-ethyl adjacent to an activating group) is 1. The van der Waals surface area contributed by atoms with E-state index in [1.807, 2.05) is 0 Å². The lowest BCUT2D eigenvalue weighted by molar-refractivity contribution is -0.913. The summed E-state index contributed by atoms with van der Waals surface area (Å²) in [7, 11) is 2.21. The van der Waals surface area contributed by atoms with Crippen LogP contribution in [0, 0.1) is 0 Å². The number of hydrogen-bond donors (Lipinski definition) is 4. The van der Waals surface area contributed by atoms with E-state index in [-0.39, 0.29) is 0 Å². The molecule has 0 radical (unpaired) electrons. The number of quaternary nitrogens is 1. The first kappa shape index (κ1) is 46.8. The van der Waals surface area contributed by atoms with E-state index in [2.05, 4.69) is 20.9 Å². The van der Waals surface area contributed by atoms with Crippen LogP contribution in [0.5, 0.6) is 0 Å². The lowest BCUT2D eigenvalue weighted by Gasteiger charge is -2.38. The lowest BCUT2D eigenvalue weighted by Crippen LogP contribution is -2.54. The summed E-state index contributed by atoms with van der Waals surface area (Å²) in [6, 6.07) is 0. The van der Waals surface area contributed by atoms with E-state index < -0.39 is 24.9 Å². The zero-order valence-electron chi connectivity index (χ0n) is 32.4. The molecular formula is C42H88NO4+. The maximum atomic E-state index is 10.7. The molecule has 0 rings (SSSR count). The first-order chi connectivity index (χ1) is 22.9. The third-order valence-electron chi connectivity index (χ3n) is 10.7. The Bertz CT molecular complexity index is 567. The summed E-state index contributed by atoms with van der Waals surface area (Å²) in [6.45, 7) is 6.46. The van der Waals surface area contributed by atoms with E-state index in [0.29, 0.717) is 6.54 Å². The minimum absolute atomic E-state index is 0.426. The van der Waals surface area contributed by atoms with Gasteiger partial charge >= 0.3 is 0 Å². The Morgan fingerprint density at radius 2 is 0.596 bits per heavy atom. The molecule has 0 spiro atoms. The molecule has 3 atom stereocenters. The number of hydrogen-bond acceptors (Lipinski definition) is 4. The summed E-state index contributed by atoms with van der Waals surface area (Å²) < 4.78 is 0.730. The van der Waals surface area contributed by atoms with Crippen molar-refractivity contribution in [2.75, 3.05) is 33.3 Å². The van der Waals surface area contributed by atoms with E-state index in [9.17, 15) is 20.4 Å². The van der Waals surface area contributed by atoms with Crippen LogP contribution in [0.4, 0.5) is 0 Å². The predicted octanol–water partition coefficient (Wildman–Crippen LogP) is 11.0. The number of rotatable bonds is 39. The molecule has 0 aromatic carbocycles. The van der Waals surface area contributed by atoms with E-state index in [0.717, 1.165) is 30.4 Å². The fourth-order valence-electron chi connectivity index (χ4n) is 7.30. The normalized spacial score (nSPS) is 14.1. The van der Waals surface area contributed by atoms with Crippen molar-refractivity contribution in [3.05, 3.63) is 0 Å². The van der Waals surface area contributed by atoms with Crippen molar-refractivity contribution in [3.8, 4) is 0 Å². The van der Waals surface area contributed by atoms with Gasteiger partial charge in [0.05, 0.1) is 26.7 Å². The zero-order chi connectivity index (χ0) is 34.7. The summed E-state index contributed by atoms with van der Waals surface area (Å²) in [6.07, 6.45) is 40.0. The van der Waals surface area contributed by atoms with Crippen LogP contribution in [0.25, 0.3) is 0 Å². The Balaban J connectivity index is 4.06. The third-order valence-corrected chi connectivity index (χ3v) is 10.7. The molecule has 0 aliphatic rings. The second-order valence-electron chi connectivity index (χ2n) is 15.7. The van der Waals surface area contributed by atoms with Crippen molar-refractivity contribution in [2.45, 2.75) is 238 Å². The highest BCUT2D eigenvalue weighted by atomic mass is 16.4. The highest BCUT2D eigenvalue weighted by Gasteiger charge is 2.32. The van der Waals surface area contributed by atoms with Crippen LogP contribution in [0.2, 0.25) is 0 Å². The quantitative estimate of drug-likeness (QED) is 0.0387. The van der Waals surface area contributed by atoms with Gasteiger partial charge in [-0.3, -0.25) is 0 Å². The molecule has 284 valence electrons. The summed E-state index contributed by atoms with van der Waals surface area (Å²) in [5.74, 6) is 0. The van der Waals surface area contributed by atoms with E-state index >= 15 is 0 Å². The van der Waals surface area contributed by atoms with Gasteiger partial charge < -0.3 is 24.9 Å². The van der Waals surface area contributed by atoms with Crippen LogP contribution in [0.3, 0.4) is 0 Å². The van der Waals surface area contributed by atoms with Gasteiger partial charge in [-0.15, -0.1) is 0 Å². The van der Waals surface area contributed by atoms with Gasteiger partial charge in [0.2, 0.25) is 0 Å². The first-order valence-corrected chi connectivity index (χ1v) is 21.4. The zero-order valence-corrected chi connectivity index (χ0v) is 32.4. The van der Waals surface area contributed by atoms with Gasteiger partial charge in [-0.05, 0) is 25.7 Å². The number of aliphatic hydroxyl groups excluding tert-OH is 4. The fraction of sp³-hybridized carbons (Fsp3) is 1.00. The van der Waals surface area contributed by atoms with Gasteiger partial charge in [0.15, 0.2) is 0 Å². The Morgan fingerprint density at radius 1 is 0.362 bits per heavy atom. The topological polar surface area (TPSA) is 80.9 Å². The van der Waals surface area contributed by atoms with E-state index in [4.69, 9.17) is 0 Å².